The van der Waals surface area contributed by atoms with Gasteiger partial charge in [0.1, 0.15) is 0 Å². The number of aromatic nitrogens is 2. The maximum atomic E-state index is 5.63. The molecule has 0 saturated heterocycles. The van der Waals surface area contributed by atoms with Gasteiger partial charge in [0, 0.05) is 0 Å². The summed E-state index contributed by atoms with van der Waals surface area (Å²) < 4.78 is 5.63. The first-order valence-electron chi connectivity index (χ1n) is 6.97. The highest BCUT2D eigenvalue weighted by Gasteiger charge is 2.01. The lowest BCUT2D eigenvalue weighted by molar-refractivity contribution is 0.285. The zero-order chi connectivity index (χ0) is 12.6. The van der Waals surface area contributed by atoms with Crippen LogP contribution < -0.4 is 4.74 Å². The van der Waals surface area contributed by atoms with Crippen molar-refractivity contribution in [1.29, 1.82) is 0 Å². The van der Waals surface area contributed by atoms with Gasteiger partial charge in [-0.2, -0.15) is 4.98 Å². The number of para-hydroxylation sites is 2. The largest absolute Gasteiger partial charge is 0.465 e. The van der Waals surface area contributed by atoms with E-state index in [1.54, 1.807) is 0 Å². The number of imidazole rings is 1. The zero-order valence-electron chi connectivity index (χ0n) is 11.1. The highest BCUT2D eigenvalue weighted by Crippen LogP contribution is 2.15. The number of unbranched alkanes of at least 4 members (excludes halogenated alkanes) is 5. The second kappa shape index (κ2) is 7.04. The summed E-state index contributed by atoms with van der Waals surface area (Å²) in [4.78, 5) is 7.56. The van der Waals surface area contributed by atoms with Crippen molar-refractivity contribution < 1.29 is 4.74 Å². The molecule has 0 amide bonds. The van der Waals surface area contributed by atoms with E-state index in [9.17, 15) is 0 Å². The van der Waals surface area contributed by atoms with E-state index < -0.39 is 0 Å². The molecule has 0 aliphatic rings. The normalized spacial score (nSPS) is 10.9. The third kappa shape index (κ3) is 3.76. The van der Waals surface area contributed by atoms with Crippen LogP contribution in [0.1, 0.15) is 45.4 Å². The van der Waals surface area contributed by atoms with Gasteiger partial charge in [-0.05, 0) is 18.6 Å². The van der Waals surface area contributed by atoms with Crippen LogP contribution in [-0.2, 0) is 0 Å². The van der Waals surface area contributed by atoms with Crippen molar-refractivity contribution >= 4 is 11.0 Å². The third-order valence-electron chi connectivity index (χ3n) is 3.10. The van der Waals surface area contributed by atoms with Crippen LogP contribution >= 0.6 is 0 Å². The molecule has 1 aromatic heterocycles. The van der Waals surface area contributed by atoms with Crippen LogP contribution in [0.15, 0.2) is 24.3 Å². The average Bonchev–Trinajstić information content (AvgIpc) is 2.80. The Morgan fingerprint density at radius 2 is 1.83 bits per heavy atom. The minimum absolute atomic E-state index is 0.643. The van der Waals surface area contributed by atoms with Crippen LogP contribution in [0.3, 0.4) is 0 Å². The summed E-state index contributed by atoms with van der Waals surface area (Å²) in [6.07, 6.45) is 7.68. The number of benzene rings is 1. The molecule has 3 nitrogen and oxygen atoms in total. The Labute approximate surface area is 109 Å². The van der Waals surface area contributed by atoms with Crippen LogP contribution in [0, 0.1) is 0 Å². The molecule has 1 aromatic carbocycles. The molecular formula is C15H22N2O. The SMILES string of the molecule is CCCCCCCCOc1nc2ccccc2[nH]1. The Morgan fingerprint density at radius 3 is 2.67 bits per heavy atom. The minimum atomic E-state index is 0.643. The van der Waals surface area contributed by atoms with Crippen molar-refractivity contribution in [3.05, 3.63) is 24.3 Å². The molecule has 0 aliphatic carbocycles. The molecule has 0 spiro atoms. The number of nitrogens with zero attached hydrogens (tertiary/aromatic N) is 1. The molecule has 0 fully saturated rings. The van der Waals surface area contributed by atoms with Crippen molar-refractivity contribution in [3.8, 4) is 6.01 Å². The quantitative estimate of drug-likeness (QED) is 0.705. The summed E-state index contributed by atoms with van der Waals surface area (Å²) in [5.41, 5.74) is 2.01. The molecule has 18 heavy (non-hydrogen) atoms. The predicted molar refractivity (Wildman–Crippen MR) is 75.0 cm³/mol. The van der Waals surface area contributed by atoms with Crippen LogP contribution in [0.4, 0.5) is 0 Å². The van der Waals surface area contributed by atoms with Crippen molar-refractivity contribution in [1.82, 2.24) is 9.97 Å². The van der Waals surface area contributed by atoms with E-state index in [2.05, 4.69) is 16.9 Å². The number of hydrogen-bond acceptors (Lipinski definition) is 2. The van der Waals surface area contributed by atoms with Gasteiger partial charge in [0.2, 0.25) is 0 Å². The maximum Gasteiger partial charge on any atom is 0.294 e. The Kier molecular flexibility index (Phi) is 5.06. The highest BCUT2D eigenvalue weighted by molar-refractivity contribution is 5.75. The van der Waals surface area contributed by atoms with Gasteiger partial charge in [0.15, 0.2) is 0 Å². The molecule has 1 N–H and O–H groups in total. The van der Waals surface area contributed by atoms with Gasteiger partial charge in [0.25, 0.3) is 6.01 Å². The second-order valence-electron chi connectivity index (χ2n) is 4.68. The van der Waals surface area contributed by atoms with Gasteiger partial charge >= 0.3 is 0 Å². The summed E-state index contributed by atoms with van der Waals surface area (Å²) in [5.74, 6) is 0. The summed E-state index contributed by atoms with van der Waals surface area (Å²) in [5, 5.41) is 0. The van der Waals surface area contributed by atoms with Crippen molar-refractivity contribution in [3.63, 3.8) is 0 Å². The van der Waals surface area contributed by atoms with E-state index >= 15 is 0 Å². The van der Waals surface area contributed by atoms with Crippen molar-refractivity contribution in [2.45, 2.75) is 45.4 Å². The number of fused-ring (bicyclic) bond motifs is 1. The van der Waals surface area contributed by atoms with Gasteiger partial charge in [-0.25, -0.2) is 0 Å². The number of H-pyrrole nitrogens is 1. The van der Waals surface area contributed by atoms with E-state index in [0.29, 0.717) is 6.01 Å². The smallest absolute Gasteiger partial charge is 0.294 e. The molecule has 0 aliphatic heterocycles. The fourth-order valence-corrected chi connectivity index (χ4v) is 2.05. The Morgan fingerprint density at radius 1 is 1.06 bits per heavy atom. The van der Waals surface area contributed by atoms with Crippen LogP contribution in [-0.4, -0.2) is 16.6 Å². The first-order chi connectivity index (χ1) is 8.90. The molecule has 3 heteroatoms. The number of aromatic amines is 1. The number of nitrogens with one attached hydrogen (secondary N) is 1. The van der Waals surface area contributed by atoms with E-state index in [1.165, 1.54) is 32.1 Å². The van der Waals surface area contributed by atoms with E-state index in [4.69, 9.17) is 4.74 Å². The number of hydrogen-bond donors (Lipinski definition) is 1. The number of ether oxygens (including phenoxy) is 1. The summed E-state index contributed by atoms with van der Waals surface area (Å²) in [6, 6.07) is 8.63. The molecule has 0 bridgehead atoms. The number of rotatable bonds is 8. The Hall–Kier alpha value is -1.51. The fourth-order valence-electron chi connectivity index (χ4n) is 2.05. The lowest BCUT2D eigenvalue weighted by atomic mass is 10.1. The van der Waals surface area contributed by atoms with Gasteiger partial charge in [-0.3, -0.25) is 0 Å². The van der Waals surface area contributed by atoms with Crippen LogP contribution in [0.25, 0.3) is 11.0 Å². The molecule has 1 heterocycles. The maximum absolute atomic E-state index is 5.63. The lowest BCUT2D eigenvalue weighted by Gasteiger charge is -2.02. The van der Waals surface area contributed by atoms with Crippen molar-refractivity contribution in [2.24, 2.45) is 0 Å². The molecule has 0 unspecified atom stereocenters. The molecule has 0 radical (unpaired) electrons. The Bertz CT molecular complexity index is 431. The van der Waals surface area contributed by atoms with Crippen molar-refractivity contribution in [2.75, 3.05) is 6.61 Å². The second-order valence-corrected chi connectivity index (χ2v) is 4.68. The zero-order valence-corrected chi connectivity index (χ0v) is 11.1. The molecule has 0 atom stereocenters. The fraction of sp³-hybridized carbons (Fsp3) is 0.533. The standard InChI is InChI=1S/C15H22N2O/c1-2-3-4-5-6-9-12-18-15-16-13-10-7-8-11-14(13)17-15/h7-8,10-11H,2-6,9,12H2,1H3,(H,16,17). The third-order valence-corrected chi connectivity index (χ3v) is 3.10. The molecule has 0 saturated carbocycles. The van der Waals surface area contributed by atoms with E-state index in [0.717, 1.165) is 24.1 Å². The van der Waals surface area contributed by atoms with E-state index in [1.807, 2.05) is 24.3 Å². The predicted octanol–water partition coefficient (Wildman–Crippen LogP) is 4.30. The summed E-state index contributed by atoms with van der Waals surface area (Å²) in [7, 11) is 0. The average molecular weight is 246 g/mol. The first kappa shape index (κ1) is 12.9. The van der Waals surface area contributed by atoms with E-state index in [-0.39, 0.29) is 0 Å². The summed E-state index contributed by atoms with van der Waals surface area (Å²) in [6.45, 7) is 3.00. The van der Waals surface area contributed by atoms with Crippen LogP contribution in [0.2, 0.25) is 0 Å². The van der Waals surface area contributed by atoms with Gasteiger partial charge in [0.05, 0.1) is 17.6 Å². The molecule has 2 aromatic rings. The highest BCUT2D eigenvalue weighted by atomic mass is 16.5. The van der Waals surface area contributed by atoms with Gasteiger partial charge in [-0.1, -0.05) is 51.2 Å². The van der Waals surface area contributed by atoms with Crippen LogP contribution in [0.5, 0.6) is 6.01 Å². The summed E-state index contributed by atoms with van der Waals surface area (Å²) >= 11 is 0. The molecule has 2 rings (SSSR count). The topological polar surface area (TPSA) is 37.9 Å². The lowest BCUT2D eigenvalue weighted by Crippen LogP contribution is -1.98. The monoisotopic (exact) mass is 246 g/mol. The molecule has 98 valence electrons. The Balaban J connectivity index is 1.67. The minimum Gasteiger partial charge on any atom is -0.465 e. The van der Waals surface area contributed by atoms with Gasteiger partial charge < -0.3 is 9.72 Å². The molecular weight excluding hydrogens is 224 g/mol. The first-order valence-corrected chi connectivity index (χ1v) is 6.97. The van der Waals surface area contributed by atoms with Gasteiger partial charge in [-0.15, -0.1) is 0 Å².